The summed E-state index contributed by atoms with van der Waals surface area (Å²) in [6.45, 7) is 6.15. The van der Waals surface area contributed by atoms with E-state index in [2.05, 4.69) is 26.8 Å². The Bertz CT molecular complexity index is 345. The number of nitrogens with zero attached hydrogens (tertiary/aromatic N) is 4. The molecule has 0 unspecified atom stereocenters. The van der Waals surface area contributed by atoms with Gasteiger partial charge in [-0.3, -0.25) is 0 Å². The highest BCUT2D eigenvalue weighted by Crippen LogP contribution is 2.15. The SMILES string of the molecule is Cc1nc(N)cc(N2CCCN(C)CC2)n1. The summed E-state index contributed by atoms with van der Waals surface area (Å²) < 4.78 is 0. The van der Waals surface area contributed by atoms with Crippen LogP contribution in [0.2, 0.25) is 0 Å². The van der Waals surface area contributed by atoms with Gasteiger partial charge >= 0.3 is 0 Å². The van der Waals surface area contributed by atoms with E-state index in [0.29, 0.717) is 5.82 Å². The van der Waals surface area contributed by atoms with E-state index in [1.54, 1.807) is 0 Å². The largest absolute Gasteiger partial charge is 0.384 e. The van der Waals surface area contributed by atoms with Gasteiger partial charge in [-0.15, -0.1) is 0 Å². The van der Waals surface area contributed by atoms with Gasteiger partial charge in [0.25, 0.3) is 0 Å². The molecule has 1 aromatic heterocycles. The lowest BCUT2D eigenvalue weighted by atomic mass is 10.3. The molecule has 0 aromatic carbocycles. The van der Waals surface area contributed by atoms with E-state index in [0.717, 1.165) is 37.8 Å². The van der Waals surface area contributed by atoms with E-state index in [4.69, 9.17) is 5.73 Å². The Hall–Kier alpha value is -1.36. The molecule has 1 saturated heterocycles. The van der Waals surface area contributed by atoms with Gasteiger partial charge in [0.15, 0.2) is 0 Å². The normalized spacial score (nSPS) is 18.5. The van der Waals surface area contributed by atoms with Gasteiger partial charge in [-0.2, -0.15) is 0 Å². The Labute approximate surface area is 96.3 Å². The highest BCUT2D eigenvalue weighted by Gasteiger charge is 2.14. The van der Waals surface area contributed by atoms with Crippen LogP contribution in [0.5, 0.6) is 0 Å². The molecule has 0 radical (unpaired) electrons. The summed E-state index contributed by atoms with van der Waals surface area (Å²) in [6, 6.07) is 1.86. The van der Waals surface area contributed by atoms with Crippen LogP contribution in [0.4, 0.5) is 11.6 Å². The van der Waals surface area contributed by atoms with Crippen molar-refractivity contribution in [2.24, 2.45) is 0 Å². The van der Waals surface area contributed by atoms with E-state index in [9.17, 15) is 0 Å². The molecule has 1 aliphatic heterocycles. The zero-order valence-corrected chi connectivity index (χ0v) is 9.98. The molecular weight excluding hydrogens is 202 g/mol. The van der Waals surface area contributed by atoms with Crippen LogP contribution in [0.15, 0.2) is 6.07 Å². The van der Waals surface area contributed by atoms with Crippen molar-refractivity contribution in [3.8, 4) is 0 Å². The molecule has 0 aliphatic carbocycles. The van der Waals surface area contributed by atoms with Gasteiger partial charge in [0.1, 0.15) is 17.5 Å². The number of hydrogen-bond acceptors (Lipinski definition) is 5. The molecule has 0 saturated carbocycles. The molecular formula is C11H19N5. The van der Waals surface area contributed by atoms with Crippen molar-refractivity contribution in [1.82, 2.24) is 14.9 Å². The van der Waals surface area contributed by atoms with Crippen LogP contribution in [-0.2, 0) is 0 Å². The number of aromatic nitrogens is 2. The average Bonchev–Trinajstić information content (AvgIpc) is 2.41. The number of likely N-dealkylation sites (N-methyl/N-ethyl adjacent to an activating group) is 1. The number of nitrogen functional groups attached to an aromatic ring is 1. The smallest absolute Gasteiger partial charge is 0.134 e. The maximum Gasteiger partial charge on any atom is 0.134 e. The zero-order chi connectivity index (χ0) is 11.5. The van der Waals surface area contributed by atoms with Crippen molar-refractivity contribution in [3.05, 3.63) is 11.9 Å². The fourth-order valence-corrected chi connectivity index (χ4v) is 2.01. The van der Waals surface area contributed by atoms with Gasteiger partial charge in [0.2, 0.25) is 0 Å². The number of rotatable bonds is 1. The minimum atomic E-state index is 0.556. The Morgan fingerprint density at radius 3 is 2.75 bits per heavy atom. The van der Waals surface area contributed by atoms with E-state index in [1.807, 2.05) is 13.0 Å². The molecule has 2 N–H and O–H groups in total. The second kappa shape index (κ2) is 4.65. The van der Waals surface area contributed by atoms with E-state index in [1.165, 1.54) is 6.42 Å². The Balaban J connectivity index is 2.16. The van der Waals surface area contributed by atoms with Crippen molar-refractivity contribution in [1.29, 1.82) is 0 Å². The van der Waals surface area contributed by atoms with Crippen molar-refractivity contribution >= 4 is 11.6 Å². The van der Waals surface area contributed by atoms with Gasteiger partial charge in [-0.05, 0) is 26.9 Å². The van der Waals surface area contributed by atoms with Gasteiger partial charge in [-0.25, -0.2) is 9.97 Å². The molecule has 5 nitrogen and oxygen atoms in total. The van der Waals surface area contributed by atoms with Crippen LogP contribution in [0.1, 0.15) is 12.2 Å². The average molecular weight is 221 g/mol. The first kappa shape index (κ1) is 11.1. The summed E-state index contributed by atoms with van der Waals surface area (Å²) in [4.78, 5) is 13.2. The minimum absolute atomic E-state index is 0.556. The summed E-state index contributed by atoms with van der Waals surface area (Å²) in [5.74, 6) is 2.26. The maximum absolute atomic E-state index is 5.74. The molecule has 16 heavy (non-hydrogen) atoms. The predicted octanol–water partition coefficient (Wildman–Crippen LogP) is 0.509. The summed E-state index contributed by atoms with van der Waals surface area (Å²) in [7, 11) is 2.16. The maximum atomic E-state index is 5.74. The Morgan fingerprint density at radius 1 is 1.19 bits per heavy atom. The topological polar surface area (TPSA) is 58.3 Å². The summed E-state index contributed by atoms with van der Waals surface area (Å²) >= 11 is 0. The predicted molar refractivity (Wildman–Crippen MR) is 65.5 cm³/mol. The minimum Gasteiger partial charge on any atom is -0.384 e. The van der Waals surface area contributed by atoms with Crippen LogP contribution >= 0.6 is 0 Å². The Morgan fingerprint density at radius 2 is 2.00 bits per heavy atom. The van der Waals surface area contributed by atoms with Crippen LogP contribution in [-0.4, -0.2) is 48.1 Å². The standard InChI is InChI=1S/C11H19N5/c1-9-13-10(12)8-11(14-9)16-5-3-4-15(2)6-7-16/h8H,3-7H2,1-2H3,(H2,12,13,14). The first-order chi connectivity index (χ1) is 7.65. The third kappa shape index (κ3) is 2.61. The van der Waals surface area contributed by atoms with Crippen molar-refractivity contribution in [3.63, 3.8) is 0 Å². The molecule has 1 aliphatic rings. The van der Waals surface area contributed by atoms with Crippen LogP contribution in [0, 0.1) is 6.92 Å². The molecule has 2 heterocycles. The number of anilines is 2. The first-order valence-corrected chi connectivity index (χ1v) is 5.70. The molecule has 0 bridgehead atoms. The molecule has 0 atom stereocenters. The lowest BCUT2D eigenvalue weighted by Gasteiger charge is -2.21. The van der Waals surface area contributed by atoms with Crippen molar-refractivity contribution in [2.45, 2.75) is 13.3 Å². The second-order valence-corrected chi connectivity index (χ2v) is 4.34. The van der Waals surface area contributed by atoms with E-state index in [-0.39, 0.29) is 0 Å². The third-order valence-corrected chi connectivity index (χ3v) is 2.89. The van der Waals surface area contributed by atoms with Gasteiger partial charge in [0.05, 0.1) is 0 Å². The van der Waals surface area contributed by atoms with Gasteiger partial charge < -0.3 is 15.5 Å². The lowest BCUT2D eigenvalue weighted by molar-refractivity contribution is 0.360. The fourth-order valence-electron chi connectivity index (χ4n) is 2.01. The summed E-state index contributed by atoms with van der Waals surface area (Å²) in [6.07, 6.45) is 1.17. The number of aryl methyl sites for hydroxylation is 1. The molecule has 2 rings (SSSR count). The lowest BCUT2D eigenvalue weighted by Crippen LogP contribution is -2.29. The highest BCUT2D eigenvalue weighted by atomic mass is 15.2. The highest BCUT2D eigenvalue weighted by molar-refractivity contribution is 5.47. The molecule has 1 fully saturated rings. The fraction of sp³-hybridized carbons (Fsp3) is 0.636. The number of nitrogens with two attached hydrogens (primary N) is 1. The van der Waals surface area contributed by atoms with Crippen LogP contribution in [0.25, 0.3) is 0 Å². The van der Waals surface area contributed by atoms with Crippen molar-refractivity contribution < 1.29 is 0 Å². The molecule has 0 amide bonds. The first-order valence-electron chi connectivity index (χ1n) is 5.70. The molecule has 5 heteroatoms. The van der Waals surface area contributed by atoms with Crippen LogP contribution < -0.4 is 10.6 Å². The van der Waals surface area contributed by atoms with Gasteiger partial charge in [-0.1, -0.05) is 0 Å². The van der Waals surface area contributed by atoms with Crippen LogP contribution in [0.3, 0.4) is 0 Å². The van der Waals surface area contributed by atoms with Crippen molar-refractivity contribution in [2.75, 3.05) is 43.9 Å². The zero-order valence-electron chi connectivity index (χ0n) is 9.98. The second-order valence-electron chi connectivity index (χ2n) is 4.34. The molecule has 88 valence electrons. The van der Waals surface area contributed by atoms with E-state index >= 15 is 0 Å². The van der Waals surface area contributed by atoms with E-state index < -0.39 is 0 Å². The monoisotopic (exact) mass is 221 g/mol. The summed E-state index contributed by atoms with van der Waals surface area (Å²) in [5.41, 5.74) is 5.74. The summed E-state index contributed by atoms with van der Waals surface area (Å²) in [5, 5.41) is 0. The Kier molecular flexibility index (Phi) is 3.24. The quantitative estimate of drug-likeness (QED) is 0.748. The van der Waals surface area contributed by atoms with Gasteiger partial charge in [0, 0.05) is 25.7 Å². The number of hydrogen-bond donors (Lipinski definition) is 1. The molecule has 0 spiro atoms. The molecule has 1 aromatic rings. The third-order valence-electron chi connectivity index (χ3n) is 2.89.